The van der Waals surface area contributed by atoms with Gasteiger partial charge in [-0.25, -0.2) is 0 Å². The summed E-state index contributed by atoms with van der Waals surface area (Å²) in [5.74, 6) is 6.19. The van der Waals surface area contributed by atoms with Gasteiger partial charge in [0.05, 0.1) is 7.11 Å². The first-order valence-corrected chi connectivity index (χ1v) is 3.88. The molecular weight excluding hydrogens is 152 g/mol. The van der Waals surface area contributed by atoms with Crippen molar-refractivity contribution in [3.05, 3.63) is 29.8 Å². The molecular formula is C9H14N2O. The second kappa shape index (κ2) is 4.09. The molecule has 1 atom stereocenters. The molecule has 0 amide bonds. The van der Waals surface area contributed by atoms with Gasteiger partial charge < -0.3 is 4.74 Å². The first-order valence-electron chi connectivity index (χ1n) is 3.88. The van der Waals surface area contributed by atoms with Crippen LogP contribution < -0.4 is 16.0 Å². The SMILES string of the molecule is COc1ccccc1C(C)NN. The van der Waals surface area contributed by atoms with Crippen LogP contribution >= 0.6 is 0 Å². The molecule has 0 aromatic heterocycles. The Morgan fingerprint density at radius 2 is 2.08 bits per heavy atom. The largest absolute Gasteiger partial charge is 0.496 e. The Labute approximate surface area is 72.5 Å². The number of ether oxygens (including phenoxy) is 1. The second-order valence-corrected chi connectivity index (χ2v) is 2.63. The second-order valence-electron chi connectivity index (χ2n) is 2.63. The molecule has 0 spiro atoms. The number of methoxy groups -OCH3 is 1. The summed E-state index contributed by atoms with van der Waals surface area (Å²) in [7, 11) is 1.65. The van der Waals surface area contributed by atoms with Gasteiger partial charge in [0, 0.05) is 11.6 Å². The van der Waals surface area contributed by atoms with Crippen LogP contribution in [0, 0.1) is 0 Å². The Balaban J connectivity index is 2.96. The molecule has 0 aliphatic carbocycles. The van der Waals surface area contributed by atoms with Crippen LogP contribution in [0.25, 0.3) is 0 Å². The van der Waals surface area contributed by atoms with Gasteiger partial charge in [-0.1, -0.05) is 18.2 Å². The number of nitrogens with one attached hydrogen (secondary N) is 1. The first kappa shape index (κ1) is 9.03. The van der Waals surface area contributed by atoms with Gasteiger partial charge in [0.25, 0.3) is 0 Å². The van der Waals surface area contributed by atoms with Crippen LogP contribution in [0.4, 0.5) is 0 Å². The molecule has 0 radical (unpaired) electrons. The lowest BCUT2D eigenvalue weighted by Gasteiger charge is -2.13. The number of hydrazine groups is 1. The lowest BCUT2D eigenvalue weighted by Crippen LogP contribution is -2.25. The monoisotopic (exact) mass is 166 g/mol. The predicted octanol–water partition coefficient (Wildman–Crippen LogP) is 1.22. The van der Waals surface area contributed by atoms with Crippen molar-refractivity contribution in [1.29, 1.82) is 0 Å². The predicted molar refractivity (Wildman–Crippen MR) is 48.7 cm³/mol. The van der Waals surface area contributed by atoms with Crippen LogP contribution in [-0.4, -0.2) is 7.11 Å². The van der Waals surface area contributed by atoms with Crippen molar-refractivity contribution in [1.82, 2.24) is 5.43 Å². The van der Waals surface area contributed by atoms with Gasteiger partial charge in [-0.15, -0.1) is 0 Å². The minimum Gasteiger partial charge on any atom is -0.496 e. The van der Waals surface area contributed by atoms with Crippen molar-refractivity contribution in [2.75, 3.05) is 7.11 Å². The smallest absolute Gasteiger partial charge is 0.123 e. The Morgan fingerprint density at radius 1 is 1.42 bits per heavy atom. The number of benzene rings is 1. The van der Waals surface area contributed by atoms with Crippen LogP contribution in [0.15, 0.2) is 24.3 Å². The van der Waals surface area contributed by atoms with Gasteiger partial charge in [0.2, 0.25) is 0 Å². The highest BCUT2D eigenvalue weighted by Gasteiger charge is 2.07. The van der Waals surface area contributed by atoms with Crippen molar-refractivity contribution < 1.29 is 4.74 Å². The Kier molecular flexibility index (Phi) is 3.08. The van der Waals surface area contributed by atoms with E-state index in [1.165, 1.54) is 0 Å². The molecule has 12 heavy (non-hydrogen) atoms. The van der Waals surface area contributed by atoms with Crippen LogP contribution in [0.2, 0.25) is 0 Å². The highest BCUT2D eigenvalue weighted by atomic mass is 16.5. The zero-order chi connectivity index (χ0) is 8.97. The fourth-order valence-corrected chi connectivity index (χ4v) is 1.11. The molecule has 3 N–H and O–H groups in total. The third kappa shape index (κ3) is 1.75. The van der Waals surface area contributed by atoms with Crippen molar-refractivity contribution in [3.63, 3.8) is 0 Å². The molecule has 1 rings (SSSR count). The summed E-state index contributed by atoms with van der Waals surface area (Å²) in [6, 6.07) is 7.92. The van der Waals surface area contributed by atoms with E-state index in [0.29, 0.717) is 0 Å². The lowest BCUT2D eigenvalue weighted by atomic mass is 10.1. The molecule has 3 heteroatoms. The van der Waals surface area contributed by atoms with E-state index in [1.807, 2.05) is 31.2 Å². The van der Waals surface area contributed by atoms with Crippen LogP contribution in [0.1, 0.15) is 18.5 Å². The van der Waals surface area contributed by atoms with Gasteiger partial charge in [-0.3, -0.25) is 11.3 Å². The Morgan fingerprint density at radius 3 is 2.67 bits per heavy atom. The number of para-hydroxylation sites is 1. The van der Waals surface area contributed by atoms with E-state index in [1.54, 1.807) is 7.11 Å². The highest BCUT2D eigenvalue weighted by Crippen LogP contribution is 2.23. The van der Waals surface area contributed by atoms with Gasteiger partial charge >= 0.3 is 0 Å². The quantitative estimate of drug-likeness (QED) is 0.524. The van der Waals surface area contributed by atoms with Gasteiger partial charge in [-0.05, 0) is 13.0 Å². The van der Waals surface area contributed by atoms with Crippen molar-refractivity contribution in [2.45, 2.75) is 13.0 Å². The average Bonchev–Trinajstić information content (AvgIpc) is 2.16. The summed E-state index contributed by atoms with van der Waals surface area (Å²) >= 11 is 0. The maximum Gasteiger partial charge on any atom is 0.123 e. The van der Waals surface area contributed by atoms with Gasteiger partial charge in [0.1, 0.15) is 5.75 Å². The van der Waals surface area contributed by atoms with Crippen LogP contribution in [-0.2, 0) is 0 Å². The molecule has 0 saturated carbocycles. The number of rotatable bonds is 3. The highest BCUT2D eigenvalue weighted by molar-refractivity contribution is 5.35. The summed E-state index contributed by atoms with van der Waals surface area (Å²) < 4.78 is 5.17. The summed E-state index contributed by atoms with van der Waals surface area (Å²) in [5, 5.41) is 0. The number of hydrogen-bond acceptors (Lipinski definition) is 3. The third-order valence-corrected chi connectivity index (χ3v) is 1.86. The normalized spacial score (nSPS) is 12.6. The molecule has 0 aliphatic heterocycles. The molecule has 0 saturated heterocycles. The fourth-order valence-electron chi connectivity index (χ4n) is 1.11. The summed E-state index contributed by atoms with van der Waals surface area (Å²) in [6.07, 6.45) is 0. The van der Waals surface area contributed by atoms with E-state index in [4.69, 9.17) is 10.6 Å². The molecule has 1 aromatic carbocycles. The molecule has 1 aromatic rings. The van der Waals surface area contributed by atoms with E-state index in [9.17, 15) is 0 Å². The maximum atomic E-state index is 5.32. The molecule has 0 heterocycles. The Bertz CT molecular complexity index is 250. The standard InChI is InChI=1S/C9H14N2O/c1-7(11-10)8-5-3-4-6-9(8)12-2/h3-7,11H,10H2,1-2H3. The van der Waals surface area contributed by atoms with E-state index < -0.39 is 0 Å². The minimum absolute atomic E-state index is 0.112. The van der Waals surface area contributed by atoms with Crippen molar-refractivity contribution in [2.24, 2.45) is 5.84 Å². The zero-order valence-corrected chi connectivity index (χ0v) is 7.37. The minimum atomic E-state index is 0.112. The molecule has 3 nitrogen and oxygen atoms in total. The topological polar surface area (TPSA) is 47.3 Å². The third-order valence-electron chi connectivity index (χ3n) is 1.86. The maximum absolute atomic E-state index is 5.32. The van der Waals surface area contributed by atoms with Crippen molar-refractivity contribution >= 4 is 0 Å². The van der Waals surface area contributed by atoms with E-state index in [2.05, 4.69) is 5.43 Å². The molecule has 1 unspecified atom stereocenters. The number of nitrogens with two attached hydrogens (primary N) is 1. The summed E-state index contributed by atoms with van der Waals surface area (Å²) in [4.78, 5) is 0. The molecule has 0 bridgehead atoms. The lowest BCUT2D eigenvalue weighted by molar-refractivity contribution is 0.402. The van der Waals surface area contributed by atoms with Crippen molar-refractivity contribution in [3.8, 4) is 5.75 Å². The molecule has 0 aliphatic rings. The summed E-state index contributed by atoms with van der Waals surface area (Å²) in [6.45, 7) is 1.98. The Hall–Kier alpha value is -1.06. The first-order chi connectivity index (χ1) is 5.79. The zero-order valence-electron chi connectivity index (χ0n) is 7.37. The molecule has 0 fully saturated rings. The van der Waals surface area contributed by atoms with E-state index >= 15 is 0 Å². The van der Waals surface area contributed by atoms with Gasteiger partial charge in [-0.2, -0.15) is 0 Å². The summed E-state index contributed by atoms with van der Waals surface area (Å²) in [5.41, 5.74) is 3.75. The van der Waals surface area contributed by atoms with Gasteiger partial charge in [0.15, 0.2) is 0 Å². The average molecular weight is 166 g/mol. The van der Waals surface area contributed by atoms with E-state index in [0.717, 1.165) is 11.3 Å². The molecule has 66 valence electrons. The van der Waals surface area contributed by atoms with E-state index in [-0.39, 0.29) is 6.04 Å². The fraction of sp³-hybridized carbons (Fsp3) is 0.333. The van der Waals surface area contributed by atoms with Crippen LogP contribution in [0.3, 0.4) is 0 Å². The number of hydrogen-bond donors (Lipinski definition) is 2. The van der Waals surface area contributed by atoms with Crippen LogP contribution in [0.5, 0.6) is 5.75 Å².